The van der Waals surface area contributed by atoms with Crippen LogP contribution in [0.15, 0.2) is 42.5 Å². The summed E-state index contributed by atoms with van der Waals surface area (Å²) in [5, 5.41) is 31.6. The lowest BCUT2D eigenvalue weighted by molar-refractivity contribution is -0.387. The fourth-order valence-electron chi connectivity index (χ4n) is 2.43. The lowest BCUT2D eigenvalue weighted by Crippen LogP contribution is -2.29. The molecular formula is C17H19NO7. The number of nitro groups is 1. The first-order chi connectivity index (χ1) is 12.0. The van der Waals surface area contributed by atoms with E-state index in [0.717, 1.165) is 0 Å². The first-order valence-electron chi connectivity index (χ1n) is 7.43. The van der Waals surface area contributed by atoms with E-state index in [0.29, 0.717) is 5.75 Å². The number of para-hydroxylation sites is 1. The van der Waals surface area contributed by atoms with Gasteiger partial charge in [-0.15, -0.1) is 0 Å². The molecule has 0 aromatic heterocycles. The average Bonchev–Trinajstić information content (AvgIpc) is 2.64. The molecule has 2 N–H and O–H groups in total. The van der Waals surface area contributed by atoms with Gasteiger partial charge in [-0.05, 0) is 24.3 Å². The van der Waals surface area contributed by atoms with Crippen molar-refractivity contribution < 1.29 is 29.3 Å². The van der Waals surface area contributed by atoms with Crippen LogP contribution in [0.5, 0.6) is 17.2 Å². The van der Waals surface area contributed by atoms with Gasteiger partial charge in [0.15, 0.2) is 11.9 Å². The molecule has 8 nitrogen and oxygen atoms in total. The second kappa shape index (κ2) is 8.32. The molecule has 2 aromatic carbocycles. The number of rotatable bonds is 8. The van der Waals surface area contributed by atoms with E-state index >= 15 is 0 Å². The predicted molar refractivity (Wildman–Crippen MR) is 89.1 cm³/mol. The van der Waals surface area contributed by atoms with Crippen LogP contribution < -0.4 is 14.2 Å². The predicted octanol–water partition coefficient (Wildman–Crippen LogP) is 2.09. The fraction of sp³-hybridized carbons (Fsp3) is 0.294. The number of benzene rings is 2. The van der Waals surface area contributed by atoms with Gasteiger partial charge in [-0.2, -0.15) is 0 Å². The van der Waals surface area contributed by atoms with Gasteiger partial charge >= 0.3 is 5.69 Å². The lowest BCUT2D eigenvalue weighted by Gasteiger charge is -2.23. The molecule has 0 amide bonds. The highest BCUT2D eigenvalue weighted by Crippen LogP contribution is 2.42. The standard InChI is InChI=1S/C17H19NO7/c1-23-13-9-8-12(15(18(21)22)17(13)24-2)16(20)14(10-19)25-11-6-4-3-5-7-11/h3-9,14,16,19-20H,10H2,1-2H3. The zero-order valence-electron chi connectivity index (χ0n) is 13.8. The van der Waals surface area contributed by atoms with Crippen LogP contribution in [0, 0.1) is 10.1 Å². The van der Waals surface area contributed by atoms with E-state index in [-0.39, 0.29) is 17.1 Å². The second-order valence-electron chi connectivity index (χ2n) is 5.09. The van der Waals surface area contributed by atoms with E-state index in [1.807, 2.05) is 0 Å². The zero-order valence-corrected chi connectivity index (χ0v) is 13.8. The van der Waals surface area contributed by atoms with Gasteiger partial charge in [0.25, 0.3) is 0 Å². The molecule has 0 fully saturated rings. The molecule has 0 saturated carbocycles. The van der Waals surface area contributed by atoms with Crippen molar-refractivity contribution in [2.24, 2.45) is 0 Å². The average molecular weight is 349 g/mol. The van der Waals surface area contributed by atoms with Crippen LogP contribution in [0.3, 0.4) is 0 Å². The van der Waals surface area contributed by atoms with Crippen molar-refractivity contribution in [3.63, 3.8) is 0 Å². The minimum Gasteiger partial charge on any atom is -0.493 e. The van der Waals surface area contributed by atoms with Crippen LogP contribution in [-0.4, -0.2) is 42.1 Å². The summed E-state index contributed by atoms with van der Waals surface area (Å²) in [6.45, 7) is -0.540. The molecule has 2 unspecified atom stereocenters. The maximum atomic E-state index is 11.5. The third-order valence-electron chi connectivity index (χ3n) is 3.61. The van der Waals surface area contributed by atoms with Gasteiger partial charge in [0.05, 0.1) is 31.3 Å². The number of hydrogen-bond acceptors (Lipinski definition) is 7. The third kappa shape index (κ3) is 3.98. The number of aliphatic hydroxyl groups excluding tert-OH is 2. The fourth-order valence-corrected chi connectivity index (χ4v) is 2.43. The number of methoxy groups -OCH3 is 2. The topological polar surface area (TPSA) is 111 Å². The Balaban J connectivity index is 2.42. The van der Waals surface area contributed by atoms with Crippen LogP contribution in [0.25, 0.3) is 0 Å². The molecule has 0 saturated heterocycles. The second-order valence-corrected chi connectivity index (χ2v) is 5.09. The van der Waals surface area contributed by atoms with Gasteiger partial charge in [-0.1, -0.05) is 18.2 Å². The molecule has 0 heterocycles. The molecule has 2 aromatic rings. The SMILES string of the molecule is COc1ccc(C(O)C(CO)Oc2ccccc2)c([N+](=O)[O-])c1OC. The van der Waals surface area contributed by atoms with Crippen LogP contribution in [-0.2, 0) is 0 Å². The van der Waals surface area contributed by atoms with E-state index in [1.165, 1.54) is 26.4 Å². The van der Waals surface area contributed by atoms with Crippen molar-refractivity contribution in [2.45, 2.75) is 12.2 Å². The summed E-state index contributed by atoms with van der Waals surface area (Å²) in [4.78, 5) is 10.8. The van der Waals surface area contributed by atoms with Gasteiger partial charge in [0.2, 0.25) is 5.75 Å². The summed E-state index contributed by atoms with van der Waals surface area (Å²) in [6, 6.07) is 11.3. The molecule has 25 heavy (non-hydrogen) atoms. The first kappa shape index (κ1) is 18.5. The van der Waals surface area contributed by atoms with Crippen molar-refractivity contribution in [1.82, 2.24) is 0 Å². The van der Waals surface area contributed by atoms with Crippen LogP contribution >= 0.6 is 0 Å². The van der Waals surface area contributed by atoms with E-state index in [1.54, 1.807) is 30.3 Å². The van der Waals surface area contributed by atoms with Crippen LogP contribution in [0.4, 0.5) is 5.69 Å². The summed E-state index contributed by atoms with van der Waals surface area (Å²) in [5.41, 5.74) is -0.484. The Hall–Kier alpha value is -2.84. The third-order valence-corrected chi connectivity index (χ3v) is 3.61. The molecule has 0 aliphatic rings. The molecule has 2 atom stereocenters. The maximum Gasteiger partial charge on any atom is 0.320 e. The molecule has 2 rings (SSSR count). The summed E-state index contributed by atoms with van der Waals surface area (Å²) in [5.74, 6) is 0.471. The van der Waals surface area contributed by atoms with Gasteiger partial charge < -0.3 is 24.4 Å². The Kier molecular flexibility index (Phi) is 6.15. The van der Waals surface area contributed by atoms with Gasteiger partial charge in [0, 0.05) is 0 Å². The molecular weight excluding hydrogens is 330 g/mol. The highest BCUT2D eigenvalue weighted by molar-refractivity contribution is 5.61. The van der Waals surface area contributed by atoms with Crippen molar-refractivity contribution in [3.05, 3.63) is 58.1 Å². The summed E-state index contributed by atoms with van der Waals surface area (Å²) in [7, 11) is 2.62. The van der Waals surface area contributed by atoms with E-state index < -0.39 is 29.4 Å². The summed E-state index contributed by atoms with van der Waals surface area (Å²) < 4.78 is 15.7. The Morgan fingerprint density at radius 2 is 1.80 bits per heavy atom. The number of hydrogen-bond donors (Lipinski definition) is 2. The highest BCUT2D eigenvalue weighted by atomic mass is 16.6. The monoisotopic (exact) mass is 349 g/mol. The smallest absolute Gasteiger partial charge is 0.320 e. The first-order valence-corrected chi connectivity index (χ1v) is 7.43. The highest BCUT2D eigenvalue weighted by Gasteiger charge is 2.33. The number of nitro benzene ring substituents is 1. The van der Waals surface area contributed by atoms with Gasteiger partial charge in [-0.3, -0.25) is 10.1 Å². The number of ether oxygens (including phenoxy) is 3. The Morgan fingerprint density at radius 3 is 2.32 bits per heavy atom. The van der Waals surface area contributed by atoms with Gasteiger partial charge in [-0.25, -0.2) is 0 Å². The quantitative estimate of drug-likeness (QED) is 0.554. The molecule has 0 bridgehead atoms. The minimum absolute atomic E-state index is 0.0439. The Bertz CT molecular complexity index is 720. The van der Waals surface area contributed by atoms with E-state index in [4.69, 9.17) is 14.2 Å². The molecule has 134 valence electrons. The number of aliphatic hydroxyl groups is 2. The number of nitrogens with zero attached hydrogens (tertiary/aromatic N) is 1. The molecule has 0 aliphatic carbocycles. The van der Waals surface area contributed by atoms with E-state index in [2.05, 4.69) is 0 Å². The normalized spacial score (nSPS) is 13.0. The van der Waals surface area contributed by atoms with Crippen molar-refractivity contribution in [3.8, 4) is 17.2 Å². The van der Waals surface area contributed by atoms with Crippen molar-refractivity contribution in [2.75, 3.05) is 20.8 Å². The molecule has 0 radical (unpaired) electrons. The molecule has 0 aliphatic heterocycles. The van der Waals surface area contributed by atoms with Crippen molar-refractivity contribution in [1.29, 1.82) is 0 Å². The zero-order chi connectivity index (χ0) is 18.4. The largest absolute Gasteiger partial charge is 0.493 e. The van der Waals surface area contributed by atoms with Crippen LogP contribution in [0.1, 0.15) is 11.7 Å². The lowest BCUT2D eigenvalue weighted by atomic mass is 10.0. The Labute approximate surface area is 144 Å². The molecule has 0 spiro atoms. The summed E-state index contributed by atoms with van der Waals surface area (Å²) in [6.07, 6.45) is -2.55. The van der Waals surface area contributed by atoms with Crippen LogP contribution in [0.2, 0.25) is 0 Å². The minimum atomic E-state index is -1.45. The Morgan fingerprint density at radius 1 is 1.12 bits per heavy atom. The van der Waals surface area contributed by atoms with Crippen molar-refractivity contribution >= 4 is 5.69 Å². The van der Waals surface area contributed by atoms with E-state index in [9.17, 15) is 20.3 Å². The maximum absolute atomic E-state index is 11.5. The molecule has 8 heteroatoms. The van der Waals surface area contributed by atoms with Gasteiger partial charge in [0.1, 0.15) is 11.9 Å². The summed E-state index contributed by atoms with van der Waals surface area (Å²) >= 11 is 0.